The van der Waals surface area contributed by atoms with E-state index in [1.54, 1.807) is 0 Å². The Hall–Kier alpha value is -1.09. The van der Waals surface area contributed by atoms with Crippen LogP contribution in [0.15, 0.2) is 18.3 Å². The first-order valence-electron chi connectivity index (χ1n) is 7.77. The van der Waals surface area contributed by atoms with E-state index in [4.69, 9.17) is 0 Å². The highest BCUT2D eigenvalue weighted by molar-refractivity contribution is 5.42. The molecule has 1 fully saturated rings. The maximum Gasteiger partial charge on any atom is 0.129 e. The van der Waals surface area contributed by atoms with Gasteiger partial charge in [-0.1, -0.05) is 26.7 Å². The Bertz CT molecular complexity index is 378. The lowest BCUT2D eigenvalue weighted by molar-refractivity contribution is 0.552. The minimum Gasteiger partial charge on any atom is -0.354 e. The number of hydrogen-bond acceptors (Lipinski definition) is 3. The molecule has 1 saturated heterocycles. The fourth-order valence-electron chi connectivity index (χ4n) is 2.90. The number of rotatable bonds is 5. The summed E-state index contributed by atoms with van der Waals surface area (Å²) in [5, 5.41) is 3.39. The summed E-state index contributed by atoms with van der Waals surface area (Å²) in [6.07, 6.45) is 8.53. The highest BCUT2D eigenvalue weighted by Crippen LogP contribution is 2.24. The van der Waals surface area contributed by atoms with Crippen LogP contribution in [0.4, 0.5) is 5.82 Å². The second-order valence-corrected chi connectivity index (χ2v) is 5.41. The zero-order chi connectivity index (χ0) is 13.5. The molecule has 0 bridgehead atoms. The molecule has 3 heteroatoms. The van der Waals surface area contributed by atoms with Crippen molar-refractivity contribution in [2.24, 2.45) is 0 Å². The average Bonchev–Trinajstić information content (AvgIpc) is 2.70. The van der Waals surface area contributed by atoms with Gasteiger partial charge in [0.15, 0.2) is 0 Å². The minimum atomic E-state index is 0.671. The van der Waals surface area contributed by atoms with Crippen molar-refractivity contribution in [3.05, 3.63) is 23.9 Å². The molecule has 0 radical (unpaired) electrons. The van der Waals surface area contributed by atoms with Crippen LogP contribution >= 0.6 is 0 Å². The van der Waals surface area contributed by atoms with Gasteiger partial charge in [0, 0.05) is 25.3 Å². The monoisotopic (exact) mass is 261 g/mol. The lowest BCUT2D eigenvalue weighted by Crippen LogP contribution is -2.35. The zero-order valence-electron chi connectivity index (χ0n) is 12.4. The maximum absolute atomic E-state index is 4.61. The van der Waals surface area contributed by atoms with Crippen LogP contribution in [0.25, 0.3) is 0 Å². The molecule has 0 spiro atoms. The fraction of sp³-hybridized carbons (Fsp3) is 0.688. The minimum absolute atomic E-state index is 0.671. The van der Waals surface area contributed by atoms with Crippen LogP contribution < -0.4 is 10.2 Å². The summed E-state index contributed by atoms with van der Waals surface area (Å²) in [6.45, 7) is 7.56. The third kappa shape index (κ3) is 3.93. The predicted molar refractivity (Wildman–Crippen MR) is 81.5 cm³/mol. The van der Waals surface area contributed by atoms with Crippen molar-refractivity contribution in [3.63, 3.8) is 0 Å². The number of anilines is 1. The Labute approximate surface area is 117 Å². The van der Waals surface area contributed by atoms with Crippen molar-refractivity contribution in [2.45, 2.75) is 58.5 Å². The predicted octanol–water partition coefficient (Wildman–Crippen LogP) is 3.35. The highest BCUT2D eigenvalue weighted by Gasteiger charge is 2.20. The largest absolute Gasteiger partial charge is 0.354 e. The van der Waals surface area contributed by atoms with Gasteiger partial charge >= 0.3 is 0 Å². The molecule has 0 aliphatic carbocycles. The number of aromatic nitrogens is 1. The Morgan fingerprint density at radius 3 is 3.00 bits per heavy atom. The second-order valence-electron chi connectivity index (χ2n) is 5.41. The van der Waals surface area contributed by atoms with E-state index in [9.17, 15) is 0 Å². The maximum atomic E-state index is 4.61. The second kappa shape index (κ2) is 7.49. The van der Waals surface area contributed by atoms with Crippen molar-refractivity contribution in [1.29, 1.82) is 0 Å². The van der Waals surface area contributed by atoms with Crippen LogP contribution in [0.5, 0.6) is 0 Å². The first-order chi connectivity index (χ1) is 9.35. The van der Waals surface area contributed by atoms with E-state index in [1.807, 2.05) is 6.20 Å². The van der Waals surface area contributed by atoms with Crippen LogP contribution in [0.3, 0.4) is 0 Å². The summed E-state index contributed by atoms with van der Waals surface area (Å²) >= 11 is 0. The van der Waals surface area contributed by atoms with Gasteiger partial charge in [-0.15, -0.1) is 0 Å². The van der Waals surface area contributed by atoms with Gasteiger partial charge in [0.25, 0.3) is 0 Å². The molecular weight excluding hydrogens is 234 g/mol. The lowest BCUT2D eigenvalue weighted by Gasteiger charge is -2.30. The molecule has 1 aliphatic rings. The van der Waals surface area contributed by atoms with Gasteiger partial charge < -0.3 is 10.2 Å². The first-order valence-corrected chi connectivity index (χ1v) is 7.77. The topological polar surface area (TPSA) is 28.2 Å². The highest BCUT2D eigenvalue weighted by atomic mass is 15.2. The van der Waals surface area contributed by atoms with E-state index in [1.165, 1.54) is 43.5 Å². The van der Waals surface area contributed by atoms with E-state index in [0.717, 1.165) is 19.6 Å². The normalized spacial score (nSPS) is 20.3. The van der Waals surface area contributed by atoms with Crippen molar-refractivity contribution in [2.75, 3.05) is 18.0 Å². The van der Waals surface area contributed by atoms with Crippen LogP contribution in [0.1, 0.15) is 51.5 Å². The summed E-state index contributed by atoms with van der Waals surface area (Å²) in [7, 11) is 0. The van der Waals surface area contributed by atoms with Crippen molar-refractivity contribution >= 4 is 5.82 Å². The third-order valence-electron chi connectivity index (χ3n) is 4.03. The van der Waals surface area contributed by atoms with E-state index >= 15 is 0 Å². The number of nitrogens with zero attached hydrogens (tertiary/aromatic N) is 2. The molecule has 1 aliphatic heterocycles. The summed E-state index contributed by atoms with van der Waals surface area (Å²) < 4.78 is 0. The molecule has 0 saturated carbocycles. The van der Waals surface area contributed by atoms with Crippen LogP contribution in [0, 0.1) is 0 Å². The first kappa shape index (κ1) is 14.3. The van der Waals surface area contributed by atoms with E-state index in [0.29, 0.717) is 6.04 Å². The van der Waals surface area contributed by atoms with Crippen LogP contribution in [-0.2, 0) is 6.54 Å². The Balaban J connectivity index is 2.13. The summed E-state index contributed by atoms with van der Waals surface area (Å²) in [6, 6.07) is 5.05. The Morgan fingerprint density at radius 1 is 1.32 bits per heavy atom. The average molecular weight is 261 g/mol. The molecule has 0 amide bonds. The van der Waals surface area contributed by atoms with Gasteiger partial charge in [-0.05, 0) is 43.5 Å². The molecule has 1 aromatic rings. The number of nitrogens with one attached hydrogen (secondary N) is 1. The van der Waals surface area contributed by atoms with Crippen LogP contribution in [0.2, 0.25) is 0 Å². The summed E-state index contributed by atoms with van der Waals surface area (Å²) in [5.74, 6) is 1.17. The van der Waals surface area contributed by atoms with E-state index in [-0.39, 0.29) is 0 Å². The molecule has 0 aromatic carbocycles. The van der Waals surface area contributed by atoms with E-state index in [2.05, 4.69) is 41.2 Å². The number of hydrogen-bond donors (Lipinski definition) is 1. The molecule has 106 valence electrons. The Kier molecular flexibility index (Phi) is 5.64. The van der Waals surface area contributed by atoms with Crippen LogP contribution in [-0.4, -0.2) is 24.1 Å². The number of pyridine rings is 1. The van der Waals surface area contributed by atoms with Gasteiger partial charge in [0.1, 0.15) is 5.82 Å². The smallest absolute Gasteiger partial charge is 0.129 e. The SMILES string of the molecule is CCNCc1ccnc(N2CCCCCC2CC)c1. The quantitative estimate of drug-likeness (QED) is 0.881. The fourth-order valence-corrected chi connectivity index (χ4v) is 2.90. The molecule has 1 aromatic heterocycles. The van der Waals surface area contributed by atoms with Crippen molar-refractivity contribution in [3.8, 4) is 0 Å². The van der Waals surface area contributed by atoms with E-state index < -0.39 is 0 Å². The molecule has 1 N–H and O–H groups in total. The van der Waals surface area contributed by atoms with Crippen molar-refractivity contribution in [1.82, 2.24) is 10.3 Å². The van der Waals surface area contributed by atoms with Gasteiger partial charge in [0.2, 0.25) is 0 Å². The third-order valence-corrected chi connectivity index (χ3v) is 4.03. The summed E-state index contributed by atoms with van der Waals surface area (Å²) in [5.41, 5.74) is 1.34. The van der Waals surface area contributed by atoms with Gasteiger partial charge in [-0.3, -0.25) is 0 Å². The molecule has 3 nitrogen and oxygen atoms in total. The molecule has 1 unspecified atom stereocenters. The van der Waals surface area contributed by atoms with Gasteiger partial charge in [-0.25, -0.2) is 4.98 Å². The molecule has 2 rings (SSSR count). The Morgan fingerprint density at radius 2 is 2.21 bits per heavy atom. The zero-order valence-corrected chi connectivity index (χ0v) is 12.4. The summed E-state index contributed by atoms with van der Waals surface area (Å²) in [4.78, 5) is 7.14. The molecular formula is C16H27N3. The lowest BCUT2D eigenvalue weighted by atomic mass is 10.1. The van der Waals surface area contributed by atoms with Crippen molar-refractivity contribution < 1.29 is 0 Å². The van der Waals surface area contributed by atoms with Gasteiger partial charge in [-0.2, -0.15) is 0 Å². The molecule has 19 heavy (non-hydrogen) atoms. The molecule has 2 heterocycles. The molecule has 1 atom stereocenters. The standard InChI is InChI=1S/C16H27N3/c1-3-15-8-6-5-7-11-19(15)16-12-14(9-10-18-16)13-17-4-2/h9-10,12,15,17H,3-8,11,13H2,1-2H3. The van der Waals surface area contributed by atoms with Gasteiger partial charge in [0.05, 0.1) is 0 Å².